The van der Waals surface area contributed by atoms with Gasteiger partial charge in [-0.25, -0.2) is 4.79 Å². The summed E-state index contributed by atoms with van der Waals surface area (Å²) in [5.41, 5.74) is 5.64. The average Bonchev–Trinajstić information content (AvgIpc) is 2.17. The van der Waals surface area contributed by atoms with Crippen LogP contribution in [0.1, 0.15) is 0 Å². The number of benzene rings is 1. The molecular weight excluding hydrogens is 214 g/mol. The fourth-order valence-corrected chi connectivity index (χ4v) is 1.17. The van der Waals surface area contributed by atoms with Crippen LogP contribution in [0.3, 0.4) is 0 Å². The van der Waals surface area contributed by atoms with E-state index in [0.717, 1.165) is 11.4 Å². The standard InChI is InChI=1S/C9H11N3O2S/c1-14-7-4-2-6(3-5-7)11-9(15)12-8(10)13/h2-5H,1H3,(H4,10,11,12,13,15). The third kappa shape index (κ3) is 3.82. The molecule has 0 radical (unpaired) electrons. The number of nitrogens with one attached hydrogen (secondary N) is 2. The Morgan fingerprint density at radius 1 is 1.40 bits per heavy atom. The third-order valence-electron chi connectivity index (χ3n) is 1.58. The number of methoxy groups -OCH3 is 1. The summed E-state index contributed by atoms with van der Waals surface area (Å²) in [4.78, 5) is 10.5. The number of carbonyl (C=O) groups is 1. The van der Waals surface area contributed by atoms with Crippen molar-refractivity contribution in [2.45, 2.75) is 0 Å². The molecule has 6 heteroatoms. The van der Waals surface area contributed by atoms with Gasteiger partial charge in [0.2, 0.25) is 0 Å². The van der Waals surface area contributed by atoms with Crippen molar-refractivity contribution in [1.82, 2.24) is 5.32 Å². The zero-order valence-electron chi connectivity index (χ0n) is 8.11. The number of nitrogens with two attached hydrogens (primary N) is 1. The molecule has 0 unspecified atom stereocenters. The van der Waals surface area contributed by atoms with Crippen LogP contribution in [0.2, 0.25) is 0 Å². The summed E-state index contributed by atoms with van der Waals surface area (Å²) in [6.45, 7) is 0. The summed E-state index contributed by atoms with van der Waals surface area (Å²) in [5.74, 6) is 0.745. The summed E-state index contributed by atoms with van der Waals surface area (Å²) in [5, 5.41) is 5.20. The summed E-state index contributed by atoms with van der Waals surface area (Å²) in [7, 11) is 1.59. The van der Waals surface area contributed by atoms with Gasteiger partial charge in [0, 0.05) is 5.69 Å². The molecule has 0 saturated heterocycles. The minimum absolute atomic E-state index is 0.160. The Bertz CT molecular complexity index is 364. The molecule has 15 heavy (non-hydrogen) atoms. The Morgan fingerprint density at radius 2 is 2.00 bits per heavy atom. The van der Waals surface area contributed by atoms with Crippen LogP contribution in [-0.2, 0) is 0 Å². The number of hydrogen-bond donors (Lipinski definition) is 3. The molecule has 80 valence electrons. The Morgan fingerprint density at radius 3 is 2.47 bits per heavy atom. The molecule has 0 aliphatic carbocycles. The van der Waals surface area contributed by atoms with Crippen molar-refractivity contribution in [3.05, 3.63) is 24.3 Å². The monoisotopic (exact) mass is 225 g/mol. The number of amides is 2. The van der Waals surface area contributed by atoms with E-state index in [9.17, 15) is 4.79 Å². The molecule has 0 spiro atoms. The number of carbonyl (C=O) groups excluding carboxylic acids is 1. The van der Waals surface area contributed by atoms with E-state index < -0.39 is 6.03 Å². The molecular formula is C9H11N3O2S. The number of primary amides is 1. The Labute approximate surface area is 92.6 Å². The van der Waals surface area contributed by atoms with Crippen molar-refractivity contribution in [2.24, 2.45) is 5.73 Å². The first-order chi connectivity index (χ1) is 7.11. The van der Waals surface area contributed by atoms with Crippen LogP contribution in [0.25, 0.3) is 0 Å². The van der Waals surface area contributed by atoms with Crippen LogP contribution in [-0.4, -0.2) is 18.3 Å². The van der Waals surface area contributed by atoms with Crippen molar-refractivity contribution >= 4 is 29.0 Å². The lowest BCUT2D eigenvalue weighted by Crippen LogP contribution is -2.37. The maximum absolute atomic E-state index is 10.5. The van der Waals surface area contributed by atoms with Crippen LogP contribution >= 0.6 is 12.2 Å². The predicted molar refractivity (Wildman–Crippen MR) is 61.9 cm³/mol. The topological polar surface area (TPSA) is 76.4 Å². The lowest BCUT2D eigenvalue weighted by Gasteiger charge is -2.07. The summed E-state index contributed by atoms with van der Waals surface area (Å²) in [6.07, 6.45) is 0. The van der Waals surface area contributed by atoms with Crippen molar-refractivity contribution < 1.29 is 9.53 Å². The molecule has 0 aliphatic heterocycles. The lowest BCUT2D eigenvalue weighted by atomic mass is 10.3. The lowest BCUT2D eigenvalue weighted by molar-refractivity contribution is 0.253. The minimum Gasteiger partial charge on any atom is -0.497 e. The number of rotatable bonds is 2. The molecule has 4 N–H and O–H groups in total. The zero-order valence-corrected chi connectivity index (χ0v) is 8.93. The normalized spacial score (nSPS) is 9.13. The van der Waals surface area contributed by atoms with E-state index in [-0.39, 0.29) is 5.11 Å². The first-order valence-corrected chi connectivity index (χ1v) is 4.54. The van der Waals surface area contributed by atoms with Gasteiger partial charge in [-0.05, 0) is 36.5 Å². The fourth-order valence-electron chi connectivity index (χ4n) is 0.949. The molecule has 2 amide bonds. The maximum atomic E-state index is 10.5. The zero-order chi connectivity index (χ0) is 11.3. The molecule has 1 aromatic rings. The highest BCUT2D eigenvalue weighted by molar-refractivity contribution is 7.80. The quantitative estimate of drug-likeness (QED) is 0.658. The van der Waals surface area contributed by atoms with Gasteiger partial charge >= 0.3 is 6.03 Å². The van der Waals surface area contributed by atoms with Crippen molar-refractivity contribution in [1.29, 1.82) is 0 Å². The van der Waals surface area contributed by atoms with Crippen LogP contribution in [0, 0.1) is 0 Å². The third-order valence-corrected chi connectivity index (χ3v) is 1.79. The number of anilines is 1. The summed E-state index contributed by atoms with van der Waals surface area (Å²) < 4.78 is 4.99. The highest BCUT2D eigenvalue weighted by Crippen LogP contribution is 2.14. The van der Waals surface area contributed by atoms with E-state index in [2.05, 4.69) is 10.6 Å². The van der Waals surface area contributed by atoms with Crippen molar-refractivity contribution in [3.63, 3.8) is 0 Å². The molecule has 0 atom stereocenters. The van der Waals surface area contributed by atoms with Crippen LogP contribution < -0.4 is 21.1 Å². The SMILES string of the molecule is COc1ccc(NC(=S)NC(N)=O)cc1. The van der Waals surface area contributed by atoms with E-state index in [1.807, 2.05) is 0 Å². The highest BCUT2D eigenvalue weighted by atomic mass is 32.1. The summed E-state index contributed by atoms with van der Waals surface area (Å²) in [6, 6.07) is 6.40. The van der Waals surface area contributed by atoms with Gasteiger partial charge in [0.15, 0.2) is 5.11 Å². The van der Waals surface area contributed by atoms with Gasteiger partial charge in [-0.2, -0.15) is 0 Å². The molecule has 1 rings (SSSR count). The number of ether oxygens (including phenoxy) is 1. The molecule has 1 aromatic carbocycles. The molecule has 0 bridgehead atoms. The van der Waals surface area contributed by atoms with E-state index in [4.69, 9.17) is 22.7 Å². The average molecular weight is 225 g/mol. The van der Waals surface area contributed by atoms with E-state index >= 15 is 0 Å². The Hall–Kier alpha value is -1.82. The van der Waals surface area contributed by atoms with Gasteiger partial charge in [-0.1, -0.05) is 0 Å². The highest BCUT2D eigenvalue weighted by Gasteiger charge is 1.99. The van der Waals surface area contributed by atoms with Crippen LogP contribution in [0.15, 0.2) is 24.3 Å². The van der Waals surface area contributed by atoms with Gasteiger partial charge in [0.25, 0.3) is 0 Å². The minimum atomic E-state index is -0.694. The molecule has 5 nitrogen and oxygen atoms in total. The largest absolute Gasteiger partial charge is 0.497 e. The van der Waals surface area contributed by atoms with Gasteiger partial charge in [-0.3, -0.25) is 5.32 Å². The number of hydrogen-bond acceptors (Lipinski definition) is 3. The number of thiocarbonyl (C=S) groups is 1. The number of urea groups is 1. The molecule has 0 saturated carbocycles. The van der Waals surface area contributed by atoms with Crippen molar-refractivity contribution in [2.75, 3.05) is 12.4 Å². The van der Waals surface area contributed by atoms with E-state index in [1.54, 1.807) is 31.4 Å². The second kappa shape index (κ2) is 5.16. The van der Waals surface area contributed by atoms with Gasteiger partial charge in [0.1, 0.15) is 5.75 Å². The molecule has 0 aliphatic rings. The second-order valence-electron chi connectivity index (χ2n) is 2.67. The Balaban J connectivity index is 2.57. The van der Waals surface area contributed by atoms with Gasteiger partial charge in [0.05, 0.1) is 7.11 Å². The maximum Gasteiger partial charge on any atom is 0.318 e. The van der Waals surface area contributed by atoms with Gasteiger partial charge in [-0.15, -0.1) is 0 Å². The second-order valence-corrected chi connectivity index (χ2v) is 3.08. The fraction of sp³-hybridized carbons (Fsp3) is 0.111. The summed E-state index contributed by atoms with van der Waals surface area (Å²) >= 11 is 4.82. The van der Waals surface area contributed by atoms with Crippen molar-refractivity contribution in [3.8, 4) is 5.75 Å². The van der Waals surface area contributed by atoms with E-state index in [0.29, 0.717) is 0 Å². The molecule has 0 fully saturated rings. The molecule has 0 heterocycles. The van der Waals surface area contributed by atoms with Gasteiger partial charge < -0.3 is 15.8 Å². The van der Waals surface area contributed by atoms with E-state index in [1.165, 1.54) is 0 Å². The first-order valence-electron chi connectivity index (χ1n) is 4.13. The molecule has 0 aromatic heterocycles. The first kappa shape index (κ1) is 11.3. The smallest absolute Gasteiger partial charge is 0.318 e. The van der Waals surface area contributed by atoms with Crippen LogP contribution in [0.4, 0.5) is 10.5 Å². The Kier molecular flexibility index (Phi) is 3.87. The van der Waals surface area contributed by atoms with Crippen LogP contribution in [0.5, 0.6) is 5.75 Å². The predicted octanol–water partition coefficient (Wildman–Crippen LogP) is 1.06.